The second kappa shape index (κ2) is 9.38. The number of benzene rings is 1. The lowest BCUT2D eigenvalue weighted by Crippen LogP contribution is -3.10. The molecule has 2 aromatic rings. The number of fused-ring (bicyclic) bond motifs is 1. The number of aryl methyl sites for hydroxylation is 1. The van der Waals surface area contributed by atoms with Gasteiger partial charge in [0.2, 0.25) is 17.6 Å². The Balaban J connectivity index is 1.41. The van der Waals surface area contributed by atoms with Gasteiger partial charge in [-0.25, -0.2) is 9.89 Å². The molecule has 2 aliphatic rings. The number of quaternary nitrogens is 1. The van der Waals surface area contributed by atoms with Crippen LogP contribution in [0, 0.1) is 6.92 Å². The van der Waals surface area contributed by atoms with Crippen molar-refractivity contribution in [2.75, 3.05) is 37.3 Å². The molecule has 1 amide bonds. The molecule has 31 heavy (non-hydrogen) atoms. The average Bonchev–Trinajstić information content (AvgIpc) is 3.38. The molecule has 1 unspecified atom stereocenters. The molecule has 0 fully saturated rings. The molecule has 0 saturated heterocycles. The van der Waals surface area contributed by atoms with E-state index in [1.807, 2.05) is 68.5 Å². The number of nitrogens with zero attached hydrogens (tertiary/aromatic N) is 4. The van der Waals surface area contributed by atoms with Crippen LogP contribution in [0.4, 0.5) is 11.5 Å². The monoisotopic (exact) mass is 439 g/mol. The molecule has 9 nitrogen and oxygen atoms in total. The van der Waals surface area contributed by atoms with Gasteiger partial charge in [-0.2, -0.15) is 5.10 Å². The van der Waals surface area contributed by atoms with Crippen molar-refractivity contribution in [3.05, 3.63) is 60.4 Å². The summed E-state index contributed by atoms with van der Waals surface area (Å²) in [6.07, 6.45) is 5.93. The Bertz CT molecular complexity index is 1030. The normalized spacial score (nSPS) is 17.4. The molecule has 1 aromatic carbocycles. The van der Waals surface area contributed by atoms with Gasteiger partial charge in [-0.15, -0.1) is 0 Å². The van der Waals surface area contributed by atoms with Gasteiger partial charge < -0.3 is 5.32 Å². The zero-order valence-corrected chi connectivity index (χ0v) is 18.7. The summed E-state index contributed by atoms with van der Waals surface area (Å²) >= 11 is 1.62. The molecule has 0 bridgehead atoms. The molecule has 3 heterocycles. The van der Waals surface area contributed by atoms with E-state index in [4.69, 9.17) is 0 Å². The van der Waals surface area contributed by atoms with E-state index in [0.29, 0.717) is 13.1 Å². The number of carbonyl (C=O) groups is 1. The summed E-state index contributed by atoms with van der Waals surface area (Å²) in [5, 5.41) is 13.5. The number of carbonyl (C=O) groups excluding carboxylic acids is 1. The van der Waals surface area contributed by atoms with Crippen molar-refractivity contribution in [3.8, 4) is 0 Å². The molecule has 0 aliphatic carbocycles. The van der Waals surface area contributed by atoms with Crippen LogP contribution in [-0.2, 0) is 4.79 Å². The topological polar surface area (TPSA) is 93.1 Å². The molecule has 2 aliphatic heterocycles. The molecule has 10 heteroatoms. The first-order valence-electron chi connectivity index (χ1n) is 10.1. The Morgan fingerprint density at radius 3 is 2.87 bits per heavy atom. The molecule has 0 radical (unpaired) electrons. The molecule has 0 spiro atoms. The van der Waals surface area contributed by atoms with Crippen LogP contribution in [0.15, 0.2) is 64.6 Å². The zero-order chi connectivity index (χ0) is 21.8. The number of aromatic nitrogens is 2. The fraction of sp³-hybridized carbons (Fsp3) is 0.286. The van der Waals surface area contributed by atoms with Gasteiger partial charge in [0.15, 0.2) is 5.82 Å². The van der Waals surface area contributed by atoms with E-state index < -0.39 is 0 Å². The first kappa shape index (κ1) is 21.2. The first-order chi connectivity index (χ1) is 15.0. The van der Waals surface area contributed by atoms with Crippen LogP contribution in [0.25, 0.3) is 0 Å². The molecular formula is C21H27N8OS+. The van der Waals surface area contributed by atoms with Crippen molar-refractivity contribution in [3.63, 3.8) is 0 Å². The number of rotatable bonds is 8. The molecule has 162 valence electrons. The molecule has 4 N–H and O–H groups in total. The Morgan fingerprint density at radius 1 is 1.35 bits per heavy atom. The third-order valence-corrected chi connectivity index (χ3v) is 5.89. The SMILES string of the molecule is CCN(C)CC(=O)Nc1ccc(SN2C=C(Nc3cc(C)[nH]n3)[NH+]3C=CN=C3C2)cc1. The van der Waals surface area contributed by atoms with E-state index in [-0.39, 0.29) is 5.91 Å². The second-order valence-corrected chi connectivity index (χ2v) is 8.60. The largest absolute Gasteiger partial charge is 0.325 e. The highest BCUT2D eigenvalue weighted by atomic mass is 32.2. The van der Waals surface area contributed by atoms with Gasteiger partial charge in [-0.05, 0) is 56.7 Å². The van der Waals surface area contributed by atoms with E-state index in [1.165, 1.54) is 0 Å². The van der Waals surface area contributed by atoms with Crippen molar-refractivity contribution in [1.82, 2.24) is 19.4 Å². The Hall–Kier alpha value is -3.08. The first-order valence-corrected chi connectivity index (χ1v) is 10.9. The van der Waals surface area contributed by atoms with Crippen molar-refractivity contribution >= 4 is 35.2 Å². The maximum atomic E-state index is 12.1. The number of hydrogen-bond acceptors (Lipinski definition) is 7. The van der Waals surface area contributed by atoms with Crippen molar-refractivity contribution in [2.45, 2.75) is 18.7 Å². The second-order valence-electron chi connectivity index (χ2n) is 7.48. The molecule has 4 rings (SSSR count). The number of aliphatic imine (C=N–C) groups is 1. The number of amidine groups is 1. The number of H-pyrrole nitrogens is 1. The summed E-state index contributed by atoms with van der Waals surface area (Å²) in [5.41, 5.74) is 1.80. The average molecular weight is 440 g/mol. The highest BCUT2D eigenvalue weighted by Gasteiger charge is 2.32. The standard InChI is InChI=1S/C21H26N8OS/c1-4-27(3)14-21(30)23-16-5-7-17(8-6-16)31-28-12-19-22-9-10-29(19)20(13-28)24-18-11-15(2)25-26-18/h5-11,13H,4,12,14H2,1-3H3,(H,23,30)(H2,24,25,26)/p+1. The summed E-state index contributed by atoms with van der Waals surface area (Å²) in [6, 6.07) is 9.84. The van der Waals surface area contributed by atoms with E-state index in [2.05, 4.69) is 36.3 Å². The third-order valence-electron chi connectivity index (χ3n) is 4.93. The lowest BCUT2D eigenvalue weighted by Gasteiger charge is -2.27. The number of nitrogens with one attached hydrogen (secondary N) is 4. The van der Waals surface area contributed by atoms with Crippen molar-refractivity contribution < 1.29 is 9.69 Å². The summed E-state index contributed by atoms with van der Waals surface area (Å²) in [4.78, 5) is 20.7. The summed E-state index contributed by atoms with van der Waals surface area (Å²) < 4.78 is 2.14. The van der Waals surface area contributed by atoms with Gasteiger partial charge in [0.25, 0.3) is 0 Å². The number of amides is 1. The Morgan fingerprint density at radius 2 is 2.16 bits per heavy atom. The van der Waals surface area contributed by atoms with Gasteiger partial charge in [-0.3, -0.25) is 24.4 Å². The minimum Gasteiger partial charge on any atom is -0.325 e. The number of hydrogen-bond donors (Lipinski definition) is 4. The van der Waals surface area contributed by atoms with Gasteiger partial charge in [0.05, 0.1) is 18.9 Å². The highest BCUT2D eigenvalue weighted by molar-refractivity contribution is 7.97. The summed E-state index contributed by atoms with van der Waals surface area (Å²) in [7, 11) is 1.93. The summed E-state index contributed by atoms with van der Waals surface area (Å²) in [5.74, 6) is 2.75. The molecule has 1 aromatic heterocycles. The molecule has 0 saturated carbocycles. The van der Waals surface area contributed by atoms with Gasteiger partial charge in [0.1, 0.15) is 12.7 Å². The van der Waals surface area contributed by atoms with Crippen LogP contribution in [0.2, 0.25) is 0 Å². The van der Waals surface area contributed by atoms with Crippen LogP contribution in [0.1, 0.15) is 12.6 Å². The number of likely N-dealkylation sites (N-methyl/N-ethyl adjacent to an activating group) is 1. The summed E-state index contributed by atoms with van der Waals surface area (Å²) in [6.45, 7) is 5.92. The van der Waals surface area contributed by atoms with Gasteiger partial charge in [-0.1, -0.05) is 6.92 Å². The third kappa shape index (κ3) is 5.35. The predicted octanol–water partition coefficient (Wildman–Crippen LogP) is 1.61. The highest BCUT2D eigenvalue weighted by Crippen LogP contribution is 2.26. The Kier molecular flexibility index (Phi) is 6.40. The van der Waals surface area contributed by atoms with E-state index in [0.717, 1.165) is 45.2 Å². The van der Waals surface area contributed by atoms with E-state index in [1.54, 1.807) is 11.9 Å². The minimum absolute atomic E-state index is 0.0113. The molecule has 1 atom stereocenters. The van der Waals surface area contributed by atoms with Crippen LogP contribution in [-0.4, -0.2) is 57.8 Å². The maximum Gasteiger partial charge on any atom is 0.238 e. The van der Waals surface area contributed by atoms with Crippen LogP contribution in [0.3, 0.4) is 0 Å². The van der Waals surface area contributed by atoms with E-state index in [9.17, 15) is 4.79 Å². The fourth-order valence-electron chi connectivity index (χ4n) is 3.22. The maximum absolute atomic E-state index is 12.1. The quantitative estimate of drug-likeness (QED) is 0.467. The molecular weight excluding hydrogens is 412 g/mol. The van der Waals surface area contributed by atoms with Crippen molar-refractivity contribution in [2.24, 2.45) is 4.99 Å². The van der Waals surface area contributed by atoms with Gasteiger partial charge >= 0.3 is 0 Å². The van der Waals surface area contributed by atoms with E-state index >= 15 is 0 Å². The zero-order valence-electron chi connectivity index (χ0n) is 17.8. The van der Waals surface area contributed by atoms with Crippen LogP contribution in [0.5, 0.6) is 0 Å². The van der Waals surface area contributed by atoms with Gasteiger partial charge in [0, 0.05) is 22.3 Å². The minimum atomic E-state index is -0.0113. The smallest absolute Gasteiger partial charge is 0.238 e. The number of anilines is 2. The van der Waals surface area contributed by atoms with Crippen LogP contribution < -0.4 is 15.5 Å². The Labute approximate surface area is 186 Å². The van der Waals surface area contributed by atoms with Crippen molar-refractivity contribution in [1.29, 1.82) is 0 Å². The fourth-order valence-corrected chi connectivity index (χ4v) is 4.09. The van der Waals surface area contributed by atoms with Crippen LogP contribution >= 0.6 is 11.9 Å². The predicted molar refractivity (Wildman–Crippen MR) is 123 cm³/mol. The lowest BCUT2D eigenvalue weighted by atomic mass is 10.3. The number of aromatic amines is 1. The lowest BCUT2D eigenvalue weighted by molar-refractivity contribution is -0.699.